The minimum Gasteiger partial charge on any atom is -0.661 e. The number of nitrogens with one attached hydrogen (secondary N) is 1. The SMILES string of the molecule is [K+].[NH-]C(=O)c1ccc(CO)o1. The second-order valence-corrected chi connectivity index (χ2v) is 1.75. The summed E-state index contributed by atoms with van der Waals surface area (Å²) >= 11 is 0. The molecule has 0 spiro atoms. The van der Waals surface area contributed by atoms with Crippen molar-refractivity contribution in [3.8, 4) is 0 Å². The first-order chi connectivity index (χ1) is 4.74. The molecule has 0 aliphatic heterocycles. The summed E-state index contributed by atoms with van der Waals surface area (Å²) < 4.78 is 4.71. The number of aliphatic hydroxyl groups excluding tert-OH is 1. The van der Waals surface area contributed by atoms with E-state index < -0.39 is 5.91 Å². The minimum atomic E-state index is -0.875. The number of amides is 1. The zero-order chi connectivity index (χ0) is 7.56. The molecule has 1 aromatic heterocycles. The van der Waals surface area contributed by atoms with Gasteiger partial charge in [0.1, 0.15) is 18.3 Å². The smallest absolute Gasteiger partial charge is 0.661 e. The van der Waals surface area contributed by atoms with Gasteiger partial charge in [0.05, 0.1) is 0 Å². The van der Waals surface area contributed by atoms with Gasteiger partial charge in [0, 0.05) is 0 Å². The Morgan fingerprint density at radius 1 is 1.64 bits per heavy atom. The Morgan fingerprint density at radius 3 is 2.55 bits per heavy atom. The van der Waals surface area contributed by atoms with Crippen LogP contribution in [-0.4, -0.2) is 11.0 Å². The van der Waals surface area contributed by atoms with E-state index in [2.05, 4.69) is 0 Å². The molecule has 0 bridgehead atoms. The Balaban J connectivity index is 0.000001000. The molecule has 0 aromatic carbocycles. The topological polar surface area (TPSA) is 74.2 Å². The molecule has 54 valence electrons. The van der Waals surface area contributed by atoms with E-state index in [4.69, 9.17) is 15.3 Å². The zero-order valence-electron chi connectivity index (χ0n) is 6.13. The van der Waals surface area contributed by atoms with Crippen LogP contribution in [0.3, 0.4) is 0 Å². The van der Waals surface area contributed by atoms with Crippen LogP contribution in [0.25, 0.3) is 5.73 Å². The standard InChI is InChI=1S/C6H7NO3.K/c7-6(9)5-2-1-4(3-8)10-5;/h1-2,8H,3H2,(H2,7,9);/q;+1/p-1. The second kappa shape index (κ2) is 5.07. The third-order valence-electron chi connectivity index (χ3n) is 1.04. The average Bonchev–Trinajstić information content (AvgIpc) is 2.34. The Labute approximate surface area is 106 Å². The largest absolute Gasteiger partial charge is 1.00 e. The molecule has 0 radical (unpaired) electrons. The van der Waals surface area contributed by atoms with Crippen LogP contribution in [-0.2, 0) is 6.61 Å². The van der Waals surface area contributed by atoms with Gasteiger partial charge >= 0.3 is 51.4 Å². The molecule has 0 saturated heterocycles. The molecule has 11 heavy (non-hydrogen) atoms. The molecular weight excluding hydrogens is 173 g/mol. The molecule has 0 fully saturated rings. The molecule has 0 atom stereocenters. The molecule has 1 heterocycles. The normalized spacial score (nSPS) is 8.82. The Hall–Kier alpha value is 0.346. The van der Waals surface area contributed by atoms with E-state index in [1.807, 2.05) is 0 Å². The number of aliphatic hydroxyl groups is 1. The van der Waals surface area contributed by atoms with Crippen LogP contribution in [0.1, 0.15) is 16.3 Å². The maximum atomic E-state index is 10.3. The zero-order valence-corrected chi connectivity index (χ0v) is 9.25. The summed E-state index contributed by atoms with van der Waals surface area (Å²) in [6.07, 6.45) is 0. The summed E-state index contributed by atoms with van der Waals surface area (Å²) in [5.41, 5.74) is 6.59. The van der Waals surface area contributed by atoms with Crippen molar-refractivity contribution in [2.45, 2.75) is 6.61 Å². The summed E-state index contributed by atoms with van der Waals surface area (Å²) in [4.78, 5) is 10.3. The summed E-state index contributed by atoms with van der Waals surface area (Å²) in [6.45, 7) is -0.243. The van der Waals surface area contributed by atoms with Crippen LogP contribution in [0, 0.1) is 0 Å². The van der Waals surface area contributed by atoms with Crippen molar-refractivity contribution in [3.05, 3.63) is 29.4 Å². The maximum absolute atomic E-state index is 10.3. The van der Waals surface area contributed by atoms with E-state index in [0.717, 1.165) is 0 Å². The van der Waals surface area contributed by atoms with Gasteiger partial charge in [0.15, 0.2) is 5.76 Å². The van der Waals surface area contributed by atoms with Gasteiger partial charge in [-0.05, 0) is 12.1 Å². The van der Waals surface area contributed by atoms with Gasteiger partial charge < -0.3 is 20.1 Å². The van der Waals surface area contributed by atoms with Gasteiger partial charge in [-0.15, -0.1) is 0 Å². The van der Waals surface area contributed by atoms with Gasteiger partial charge in [0.25, 0.3) is 0 Å². The van der Waals surface area contributed by atoms with E-state index in [9.17, 15) is 4.79 Å². The van der Waals surface area contributed by atoms with Gasteiger partial charge in [-0.25, -0.2) is 0 Å². The molecule has 1 aromatic rings. The quantitative estimate of drug-likeness (QED) is 0.532. The summed E-state index contributed by atoms with van der Waals surface area (Å²) in [6, 6.07) is 2.82. The van der Waals surface area contributed by atoms with Crippen LogP contribution in [0.15, 0.2) is 16.5 Å². The first-order valence-corrected chi connectivity index (χ1v) is 2.69. The van der Waals surface area contributed by atoms with Gasteiger partial charge in [-0.2, -0.15) is 0 Å². The van der Waals surface area contributed by atoms with Gasteiger partial charge in [0.2, 0.25) is 0 Å². The Morgan fingerprint density at radius 2 is 2.27 bits per heavy atom. The van der Waals surface area contributed by atoms with Crippen molar-refractivity contribution in [3.63, 3.8) is 0 Å². The predicted molar refractivity (Wildman–Crippen MR) is 33.3 cm³/mol. The molecule has 0 saturated carbocycles. The molecule has 1 rings (SSSR count). The third kappa shape index (κ3) is 3.06. The van der Waals surface area contributed by atoms with Crippen molar-refractivity contribution in [2.75, 3.05) is 0 Å². The summed E-state index contributed by atoms with van der Waals surface area (Å²) in [5.74, 6) is -0.612. The van der Waals surface area contributed by atoms with Crippen molar-refractivity contribution < 1.29 is 65.7 Å². The van der Waals surface area contributed by atoms with Crippen LogP contribution < -0.4 is 51.4 Å². The number of carbonyl (C=O) groups excluding carboxylic acids is 1. The number of carbonyl (C=O) groups is 1. The molecule has 0 aliphatic carbocycles. The summed E-state index contributed by atoms with van der Waals surface area (Å²) in [5, 5.41) is 8.47. The molecule has 1 amide bonds. The monoisotopic (exact) mass is 179 g/mol. The van der Waals surface area contributed by atoms with Crippen LogP contribution >= 0.6 is 0 Å². The first-order valence-electron chi connectivity index (χ1n) is 2.69. The van der Waals surface area contributed by atoms with Crippen molar-refractivity contribution >= 4 is 5.91 Å². The van der Waals surface area contributed by atoms with Crippen molar-refractivity contribution in [1.29, 1.82) is 0 Å². The summed E-state index contributed by atoms with van der Waals surface area (Å²) in [7, 11) is 0. The minimum absolute atomic E-state index is 0. The fourth-order valence-electron chi connectivity index (χ4n) is 0.585. The number of furan rings is 1. The average molecular weight is 179 g/mol. The van der Waals surface area contributed by atoms with E-state index in [1.165, 1.54) is 12.1 Å². The first kappa shape index (κ1) is 11.3. The number of hydrogen-bond acceptors (Lipinski definition) is 3. The Kier molecular flexibility index (Phi) is 5.23. The molecule has 0 aliphatic rings. The van der Waals surface area contributed by atoms with Crippen molar-refractivity contribution in [2.24, 2.45) is 0 Å². The molecule has 4 nitrogen and oxygen atoms in total. The van der Waals surface area contributed by atoms with Gasteiger partial charge in [-0.3, -0.25) is 0 Å². The number of hydrogen-bond donors (Lipinski definition) is 1. The van der Waals surface area contributed by atoms with E-state index in [1.54, 1.807) is 0 Å². The second-order valence-electron chi connectivity index (χ2n) is 1.75. The predicted octanol–water partition coefficient (Wildman–Crippen LogP) is -2.03. The van der Waals surface area contributed by atoms with E-state index in [0.29, 0.717) is 5.76 Å². The molecular formula is C6H6KNO3. The number of rotatable bonds is 2. The molecule has 5 heteroatoms. The van der Waals surface area contributed by atoms with Gasteiger partial charge in [-0.1, -0.05) is 0 Å². The van der Waals surface area contributed by atoms with E-state index in [-0.39, 0.29) is 63.8 Å². The maximum Gasteiger partial charge on any atom is 1.00 e. The Bertz CT molecular complexity index is 246. The fourth-order valence-corrected chi connectivity index (χ4v) is 0.585. The van der Waals surface area contributed by atoms with Crippen LogP contribution in [0.4, 0.5) is 0 Å². The van der Waals surface area contributed by atoms with E-state index >= 15 is 0 Å². The molecule has 2 N–H and O–H groups in total. The van der Waals surface area contributed by atoms with Crippen molar-refractivity contribution in [1.82, 2.24) is 0 Å². The third-order valence-corrected chi connectivity index (χ3v) is 1.04. The fraction of sp³-hybridized carbons (Fsp3) is 0.167. The van der Waals surface area contributed by atoms with Crippen LogP contribution in [0.5, 0.6) is 0 Å². The molecule has 0 unspecified atom stereocenters. The van der Waals surface area contributed by atoms with Crippen LogP contribution in [0.2, 0.25) is 0 Å².